The summed E-state index contributed by atoms with van der Waals surface area (Å²) in [6.07, 6.45) is 1.61. The van der Waals surface area contributed by atoms with Gasteiger partial charge in [-0.3, -0.25) is 4.90 Å². The molecule has 1 N–H and O–H groups in total. The minimum absolute atomic E-state index is 0.210. The van der Waals surface area contributed by atoms with E-state index in [-0.39, 0.29) is 6.04 Å². The Bertz CT molecular complexity index is 683. The molecule has 0 aliphatic carbocycles. The maximum atomic E-state index is 10.4. The van der Waals surface area contributed by atoms with E-state index in [1.165, 1.54) is 0 Å². The molecule has 5 heteroatoms. The molecule has 1 aromatic carbocycles. The van der Waals surface area contributed by atoms with Crippen LogP contribution in [0.1, 0.15) is 41.5 Å². The van der Waals surface area contributed by atoms with Gasteiger partial charge in [-0.15, -0.1) is 0 Å². The second-order valence-electron chi connectivity index (χ2n) is 6.76. The van der Waals surface area contributed by atoms with Gasteiger partial charge in [0.15, 0.2) is 5.76 Å². The molecule has 2 aromatic rings. The predicted molar refractivity (Wildman–Crippen MR) is 92.2 cm³/mol. The summed E-state index contributed by atoms with van der Waals surface area (Å²) in [4.78, 5) is 2.26. The number of β-amino-alcohol motifs (C(OH)–C–C–N with tert-alkyl or cyclic N) is 1. The standard InChI is InChI=1S/C19H26N2O3/c1-13-6-7-14(2)18(9-13)23-12-16(22)11-21-8-4-5-17(21)19-10-15(3)20-24-19/h6-7,9-10,16-17,22H,4-5,8,11-12H2,1-3H3/t16-,17+/m0/s1. The smallest absolute Gasteiger partial charge is 0.154 e. The van der Waals surface area contributed by atoms with Gasteiger partial charge in [-0.25, -0.2) is 0 Å². The highest BCUT2D eigenvalue weighted by Crippen LogP contribution is 2.32. The predicted octanol–water partition coefficient (Wildman–Crippen LogP) is 3.18. The number of benzene rings is 1. The second kappa shape index (κ2) is 7.36. The molecule has 1 saturated heterocycles. The zero-order valence-electron chi connectivity index (χ0n) is 14.7. The molecule has 0 radical (unpaired) electrons. The van der Waals surface area contributed by atoms with Gasteiger partial charge in [0.1, 0.15) is 18.5 Å². The molecule has 3 rings (SSSR count). The van der Waals surface area contributed by atoms with Crippen LogP contribution in [0.4, 0.5) is 0 Å². The first kappa shape index (κ1) is 17.0. The molecule has 0 unspecified atom stereocenters. The van der Waals surface area contributed by atoms with Crippen molar-refractivity contribution in [2.45, 2.75) is 45.8 Å². The van der Waals surface area contributed by atoms with Gasteiger partial charge >= 0.3 is 0 Å². The Morgan fingerprint density at radius 3 is 2.92 bits per heavy atom. The van der Waals surface area contributed by atoms with Crippen LogP contribution in [0.25, 0.3) is 0 Å². The van der Waals surface area contributed by atoms with Crippen molar-refractivity contribution in [3.8, 4) is 5.75 Å². The molecule has 5 nitrogen and oxygen atoms in total. The summed E-state index contributed by atoms with van der Waals surface area (Å²) in [6.45, 7) is 7.82. The van der Waals surface area contributed by atoms with Crippen LogP contribution in [0, 0.1) is 20.8 Å². The first-order valence-electron chi connectivity index (χ1n) is 8.58. The van der Waals surface area contributed by atoms with E-state index in [2.05, 4.69) is 16.1 Å². The minimum Gasteiger partial charge on any atom is -0.491 e. The minimum atomic E-state index is -0.533. The summed E-state index contributed by atoms with van der Waals surface area (Å²) in [6, 6.07) is 8.31. The van der Waals surface area contributed by atoms with E-state index in [4.69, 9.17) is 9.26 Å². The zero-order chi connectivity index (χ0) is 17.1. The van der Waals surface area contributed by atoms with Crippen molar-refractivity contribution in [3.63, 3.8) is 0 Å². The molecule has 0 saturated carbocycles. The van der Waals surface area contributed by atoms with Crippen LogP contribution in [-0.2, 0) is 0 Å². The Labute approximate surface area is 143 Å². The Morgan fingerprint density at radius 2 is 2.17 bits per heavy atom. The number of ether oxygens (including phenoxy) is 1. The maximum absolute atomic E-state index is 10.4. The summed E-state index contributed by atoms with van der Waals surface area (Å²) < 4.78 is 11.2. The number of hydrogen-bond acceptors (Lipinski definition) is 5. The second-order valence-corrected chi connectivity index (χ2v) is 6.76. The molecule has 2 heterocycles. The Kier molecular flexibility index (Phi) is 5.21. The van der Waals surface area contributed by atoms with Gasteiger partial charge in [-0.1, -0.05) is 17.3 Å². The van der Waals surface area contributed by atoms with Crippen LogP contribution in [0.5, 0.6) is 5.75 Å². The Balaban J connectivity index is 1.56. The molecule has 1 fully saturated rings. The Hall–Kier alpha value is -1.85. The number of aliphatic hydroxyl groups is 1. The van der Waals surface area contributed by atoms with Crippen molar-refractivity contribution in [2.75, 3.05) is 19.7 Å². The molecule has 130 valence electrons. The lowest BCUT2D eigenvalue weighted by molar-refractivity contribution is 0.0595. The van der Waals surface area contributed by atoms with Crippen LogP contribution in [-0.4, -0.2) is 41.0 Å². The number of rotatable bonds is 6. The fraction of sp³-hybridized carbons (Fsp3) is 0.526. The van der Waals surface area contributed by atoms with Crippen LogP contribution < -0.4 is 4.74 Å². The third kappa shape index (κ3) is 3.97. The van der Waals surface area contributed by atoms with Gasteiger partial charge in [0.2, 0.25) is 0 Å². The largest absolute Gasteiger partial charge is 0.491 e. The summed E-state index contributed by atoms with van der Waals surface area (Å²) in [5.74, 6) is 1.74. The first-order valence-corrected chi connectivity index (χ1v) is 8.58. The topological polar surface area (TPSA) is 58.7 Å². The lowest BCUT2D eigenvalue weighted by Gasteiger charge is -2.25. The summed E-state index contributed by atoms with van der Waals surface area (Å²) in [7, 11) is 0. The third-order valence-electron chi connectivity index (χ3n) is 4.56. The van der Waals surface area contributed by atoms with E-state index < -0.39 is 6.10 Å². The van der Waals surface area contributed by atoms with Crippen molar-refractivity contribution >= 4 is 0 Å². The van der Waals surface area contributed by atoms with E-state index in [0.717, 1.165) is 47.7 Å². The number of nitrogens with zero attached hydrogens (tertiary/aromatic N) is 2. The molecule has 0 spiro atoms. The van der Waals surface area contributed by atoms with Crippen molar-refractivity contribution < 1.29 is 14.4 Å². The molecule has 0 amide bonds. The molecular formula is C19H26N2O3. The Morgan fingerprint density at radius 1 is 1.33 bits per heavy atom. The van der Waals surface area contributed by atoms with Gasteiger partial charge in [-0.2, -0.15) is 0 Å². The van der Waals surface area contributed by atoms with E-state index in [1.807, 2.05) is 39.0 Å². The van der Waals surface area contributed by atoms with Gasteiger partial charge in [0.05, 0.1) is 11.7 Å². The lowest BCUT2D eigenvalue weighted by Crippen LogP contribution is -2.35. The van der Waals surface area contributed by atoms with Gasteiger partial charge in [0, 0.05) is 12.6 Å². The summed E-state index contributed by atoms with van der Waals surface area (Å²) in [5, 5.41) is 14.4. The number of aromatic nitrogens is 1. The van der Waals surface area contributed by atoms with Crippen molar-refractivity contribution in [2.24, 2.45) is 0 Å². The molecule has 1 aliphatic rings. The monoisotopic (exact) mass is 330 g/mol. The third-order valence-corrected chi connectivity index (χ3v) is 4.56. The van der Waals surface area contributed by atoms with E-state index in [0.29, 0.717) is 13.2 Å². The van der Waals surface area contributed by atoms with Crippen LogP contribution >= 0.6 is 0 Å². The fourth-order valence-corrected chi connectivity index (χ4v) is 3.28. The number of aliphatic hydroxyl groups excluding tert-OH is 1. The highest BCUT2D eigenvalue weighted by Gasteiger charge is 2.30. The van der Waals surface area contributed by atoms with Crippen molar-refractivity contribution in [1.82, 2.24) is 10.1 Å². The number of aryl methyl sites for hydroxylation is 3. The van der Waals surface area contributed by atoms with E-state index in [1.54, 1.807) is 0 Å². The van der Waals surface area contributed by atoms with Crippen molar-refractivity contribution in [1.29, 1.82) is 0 Å². The van der Waals surface area contributed by atoms with Crippen LogP contribution in [0.3, 0.4) is 0 Å². The zero-order valence-corrected chi connectivity index (χ0v) is 14.7. The molecule has 2 atom stereocenters. The molecule has 0 bridgehead atoms. The number of hydrogen-bond donors (Lipinski definition) is 1. The summed E-state index contributed by atoms with van der Waals surface area (Å²) in [5.41, 5.74) is 3.14. The quantitative estimate of drug-likeness (QED) is 0.881. The van der Waals surface area contributed by atoms with Crippen LogP contribution in [0.15, 0.2) is 28.8 Å². The van der Waals surface area contributed by atoms with Crippen LogP contribution in [0.2, 0.25) is 0 Å². The molecule has 1 aliphatic heterocycles. The first-order chi connectivity index (χ1) is 11.5. The fourth-order valence-electron chi connectivity index (χ4n) is 3.28. The number of likely N-dealkylation sites (tertiary alicyclic amines) is 1. The molecular weight excluding hydrogens is 304 g/mol. The van der Waals surface area contributed by atoms with E-state index in [9.17, 15) is 5.11 Å². The van der Waals surface area contributed by atoms with E-state index >= 15 is 0 Å². The highest BCUT2D eigenvalue weighted by molar-refractivity contribution is 5.35. The van der Waals surface area contributed by atoms with Gasteiger partial charge < -0.3 is 14.4 Å². The highest BCUT2D eigenvalue weighted by atomic mass is 16.5. The molecule has 1 aromatic heterocycles. The molecule has 24 heavy (non-hydrogen) atoms. The summed E-state index contributed by atoms with van der Waals surface area (Å²) >= 11 is 0. The van der Waals surface area contributed by atoms with Gasteiger partial charge in [0.25, 0.3) is 0 Å². The maximum Gasteiger partial charge on any atom is 0.154 e. The van der Waals surface area contributed by atoms with Gasteiger partial charge in [-0.05, 0) is 57.4 Å². The SMILES string of the molecule is Cc1ccc(C)c(OC[C@@H](O)CN2CCC[C@@H]2c2cc(C)no2)c1. The average molecular weight is 330 g/mol. The average Bonchev–Trinajstić information content (AvgIpc) is 3.17. The van der Waals surface area contributed by atoms with Crippen molar-refractivity contribution in [3.05, 3.63) is 46.8 Å². The normalized spacial score (nSPS) is 19.6. The lowest BCUT2D eigenvalue weighted by atomic mass is 10.1.